The van der Waals surface area contributed by atoms with E-state index in [1.165, 1.54) is 37.9 Å². The van der Waals surface area contributed by atoms with Gasteiger partial charge in [-0.2, -0.15) is 0 Å². The van der Waals surface area contributed by atoms with Crippen LogP contribution in [0.4, 0.5) is 0 Å². The van der Waals surface area contributed by atoms with Gasteiger partial charge in [-0.25, -0.2) is 0 Å². The zero-order chi connectivity index (χ0) is 9.73. The topological polar surface area (TPSA) is 12.0 Å². The standard InChI is InChI=1S/C11H23NS/c1-4-7-11(8-5-2)12-10(3)6-9-13-11/h10,12H,4-9H2,1-3H3. The van der Waals surface area contributed by atoms with Gasteiger partial charge in [-0.05, 0) is 31.9 Å². The molecule has 1 atom stereocenters. The van der Waals surface area contributed by atoms with Crippen LogP contribution >= 0.6 is 11.8 Å². The number of nitrogens with one attached hydrogen (secondary N) is 1. The fourth-order valence-corrected chi connectivity index (χ4v) is 4.06. The van der Waals surface area contributed by atoms with Gasteiger partial charge in [0.25, 0.3) is 0 Å². The second-order valence-corrected chi connectivity index (χ2v) is 5.66. The minimum Gasteiger partial charge on any atom is -0.300 e. The lowest BCUT2D eigenvalue weighted by molar-refractivity contribution is 0.343. The summed E-state index contributed by atoms with van der Waals surface area (Å²) in [5, 5.41) is 3.79. The highest BCUT2D eigenvalue weighted by Crippen LogP contribution is 2.36. The lowest BCUT2D eigenvalue weighted by Gasteiger charge is -2.41. The smallest absolute Gasteiger partial charge is 0.0647 e. The maximum atomic E-state index is 3.79. The first kappa shape index (κ1) is 11.4. The van der Waals surface area contributed by atoms with Crippen molar-refractivity contribution >= 4 is 11.8 Å². The average molecular weight is 201 g/mol. The molecule has 1 heterocycles. The van der Waals surface area contributed by atoms with Crippen LogP contribution in [0.3, 0.4) is 0 Å². The highest BCUT2D eigenvalue weighted by atomic mass is 32.2. The van der Waals surface area contributed by atoms with Crippen LogP contribution in [0.1, 0.15) is 52.9 Å². The largest absolute Gasteiger partial charge is 0.300 e. The van der Waals surface area contributed by atoms with Crippen molar-refractivity contribution in [2.24, 2.45) is 0 Å². The minimum atomic E-state index is 0.418. The van der Waals surface area contributed by atoms with Crippen molar-refractivity contribution in [2.45, 2.75) is 63.8 Å². The summed E-state index contributed by atoms with van der Waals surface area (Å²) in [6.07, 6.45) is 6.59. The van der Waals surface area contributed by atoms with Gasteiger partial charge in [-0.3, -0.25) is 0 Å². The Morgan fingerprint density at radius 2 is 1.92 bits per heavy atom. The zero-order valence-electron chi connectivity index (χ0n) is 9.23. The monoisotopic (exact) mass is 201 g/mol. The maximum absolute atomic E-state index is 3.79. The van der Waals surface area contributed by atoms with E-state index in [-0.39, 0.29) is 0 Å². The summed E-state index contributed by atoms with van der Waals surface area (Å²) >= 11 is 2.15. The highest BCUT2D eigenvalue weighted by molar-refractivity contribution is 8.00. The lowest BCUT2D eigenvalue weighted by atomic mass is 10.0. The van der Waals surface area contributed by atoms with Crippen LogP contribution in [0.5, 0.6) is 0 Å². The summed E-state index contributed by atoms with van der Waals surface area (Å²) < 4.78 is 0. The Morgan fingerprint density at radius 1 is 1.31 bits per heavy atom. The molecule has 0 aromatic heterocycles. The van der Waals surface area contributed by atoms with Crippen LogP contribution < -0.4 is 5.32 Å². The average Bonchev–Trinajstić information content (AvgIpc) is 2.04. The van der Waals surface area contributed by atoms with Crippen LogP contribution in [0.25, 0.3) is 0 Å². The molecule has 0 saturated carbocycles. The first-order chi connectivity index (χ1) is 6.22. The molecule has 2 heteroatoms. The second-order valence-electron chi connectivity index (χ2n) is 4.18. The molecule has 0 bridgehead atoms. The van der Waals surface area contributed by atoms with Crippen molar-refractivity contribution in [2.75, 3.05) is 5.75 Å². The minimum absolute atomic E-state index is 0.418. The van der Waals surface area contributed by atoms with Gasteiger partial charge in [0.05, 0.1) is 4.87 Å². The molecule has 78 valence electrons. The van der Waals surface area contributed by atoms with Gasteiger partial charge in [0.1, 0.15) is 0 Å². The van der Waals surface area contributed by atoms with Gasteiger partial charge in [0, 0.05) is 6.04 Å². The third-order valence-electron chi connectivity index (χ3n) is 2.75. The summed E-state index contributed by atoms with van der Waals surface area (Å²) in [6, 6.07) is 0.722. The molecule has 1 nitrogen and oxygen atoms in total. The van der Waals surface area contributed by atoms with Gasteiger partial charge >= 0.3 is 0 Å². The molecule has 1 rings (SSSR count). The Morgan fingerprint density at radius 3 is 2.38 bits per heavy atom. The lowest BCUT2D eigenvalue weighted by Crippen LogP contribution is -2.50. The molecule has 0 amide bonds. The van der Waals surface area contributed by atoms with Crippen LogP contribution in [0.15, 0.2) is 0 Å². The van der Waals surface area contributed by atoms with Gasteiger partial charge in [-0.15, -0.1) is 11.8 Å². The third-order valence-corrected chi connectivity index (χ3v) is 4.26. The quantitative estimate of drug-likeness (QED) is 0.748. The van der Waals surface area contributed by atoms with Crippen LogP contribution in [-0.4, -0.2) is 16.7 Å². The predicted molar refractivity (Wildman–Crippen MR) is 62.2 cm³/mol. The van der Waals surface area contributed by atoms with Gasteiger partial charge < -0.3 is 5.32 Å². The predicted octanol–water partition coefficient (Wildman–Crippen LogP) is 3.40. The summed E-state index contributed by atoms with van der Waals surface area (Å²) in [6.45, 7) is 6.90. The van der Waals surface area contributed by atoms with E-state index in [0.717, 1.165) is 6.04 Å². The van der Waals surface area contributed by atoms with Crippen molar-refractivity contribution < 1.29 is 0 Å². The van der Waals surface area contributed by atoms with Crippen molar-refractivity contribution in [1.82, 2.24) is 5.32 Å². The SMILES string of the molecule is CCCC1(CCC)NC(C)CCS1. The number of thioether (sulfide) groups is 1. The molecule has 0 aliphatic carbocycles. The molecule has 0 aromatic rings. The number of hydrogen-bond acceptors (Lipinski definition) is 2. The number of hydrogen-bond donors (Lipinski definition) is 1. The molecule has 0 spiro atoms. The molecule has 13 heavy (non-hydrogen) atoms. The molecule has 1 N–H and O–H groups in total. The molecule has 1 aliphatic rings. The van der Waals surface area contributed by atoms with Crippen LogP contribution in [0.2, 0.25) is 0 Å². The third kappa shape index (κ3) is 3.17. The summed E-state index contributed by atoms with van der Waals surface area (Å²) in [4.78, 5) is 0.418. The molecular weight excluding hydrogens is 178 g/mol. The van der Waals surface area contributed by atoms with E-state index in [4.69, 9.17) is 0 Å². The van der Waals surface area contributed by atoms with E-state index in [9.17, 15) is 0 Å². The molecule has 1 fully saturated rings. The first-order valence-electron chi connectivity index (χ1n) is 5.64. The van der Waals surface area contributed by atoms with Gasteiger partial charge in [0.15, 0.2) is 0 Å². The molecular formula is C11H23NS. The second kappa shape index (κ2) is 5.26. The Kier molecular flexibility index (Phi) is 4.60. The summed E-state index contributed by atoms with van der Waals surface area (Å²) in [5.74, 6) is 1.34. The van der Waals surface area contributed by atoms with Crippen LogP contribution in [0, 0.1) is 0 Å². The Labute approximate surface area is 87.1 Å². The van der Waals surface area contributed by atoms with E-state index in [1.54, 1.807) is 0 Å². The van der Waals surface area contributed by atoms with E-state index in [1.807, 2.05) is 0 Å². The van der Waals surface area contributed by atoms with Crippen LogP contribution in [-0.2, 0) is 0 Å². The van der Waals surface area contributed by atoms with E-state index < -0.39 is 0 Å². The zero-order valence-corrected chi connectivity index (χ0v) is 10.0. The number of rotatable bonds is 4. The summed E-state index contributed by atoms with van der Waals surface area (Å²) in [7, 11) is 0. The Bertz CT molecular complexity index is 136. The maximum Gasteiger partial charge on any atom is 0.0647 e. The van der Waals surface area contributed by atoms with E-state index >= 15 is 0 Å². The fourth-order valence-electron chi connectivity index (χ4n) is 2.22. The van der Waals surface area contributed by atoms with Crippen molar-refractivity contribution in [3.63, 3.8) is 0 Å². The van der Waals surface area contributed by atoms with E-state index in [0.29, 0.717) is 4.87 Å². The molecule has 0 radical (unpaired) electrons. The Hall–Kier alpha value is 0.310. The van der Waals surface area contributed by atoms with E-state index in [2.05, 4.69) is 37.8 Å². The normalized spacial score (nSPS) is 27.5. The molecule has 1 aliphatic heterocycles. The molecule has 1 saturated heterocycles. The molecule has 1 unspecified atom stereocenters. The Balaban J connectivity index is 2.53. The first-order valence-corrected chi connectivity index (χ1v) is 6.62. The van der Waals surface area contributed by atoms with Gasteiger partial charge in [-0.1, -0.05) is 26.7 Å². The van der Waals surface area contributed by atoms with Gasteiger partial charge in [0.2, 0.25) is 0 Å². The van der Waals surface area contributed by atoms with Crippen molar-refractivity contribution in [3.8, 4) is 0 Å². The molecule has 0 aromatic carbocycles. The fraction of sp³-hybridized carbons (Fsp3) is 1.00. The van der Waals surface area contributed by atoms with Crippen molar-refractivity contribution in [3.05, 3.63) is 0 Å². The highest BCUT2D eigenvalue weighted by Gasteiger charge is 2.32. The van der Waals surface area contributed by atoms with Crippen molar-refractivity contribution in [1.29, 1.82) is 0 Å². The summed E-state index contributed by atoms with van der Waals surface area (Å²) in [5.41, 5.74) is 0.